The summed E-state index contributed by atoms with van der Waals surface area (Å²) in [6, 6.07) is 27.3. The molecule has 3 aromatic carbocycles. The van der Waals surface area contributed by atoms with Crippen LogP contribution in [0.2, 0.25) is 0 Å². The second-order valence-corrected chi connectivity index (χ2v) is 6.73. The number of rotatable bonds is 4. The van der Waals surface area contributed by atoms with Crippen molar-refractivity contribution in [2.24, 2.45) is 0 Å². The molecule has 0 saturated heterocycles. The van der Waals surface area contributed by atoms with Gasteiger partial charge in [-0.15, -0.1) is 0 Å². The van der Waals surface area contributed by atoms with Crippen molar-refractivity contribution in [2.75, 3.05) is 0 Å². The van der Waals surface area contributed by atoms with E-state index in [9.17, 15) is 9.90 Å². The molecule has 0 spiro atoms. The highest BCUT2D eigenvalue weighted by Gasteiger charge is 2.32. The molecule has 0 aliphatic rings. The number of benzene rings is 3. The van der Waals surface area contributed by atoms with Crippen LogP contribution in [0, 0.1) is 0 Å². The second-order valence-electron chi connectivity index (χ2n) is 4.73. The van der Waals surface area contributed by atoms with Crippen LogP contribution in [-0.2, 0) is 10.9 Å². The summed E-state index contributed by atoms with van der Waals surface area (Å²) >= 11 is 0. The van der Waals surface area contributed by atoms with Gasteiger partial charge in [0.05, 0.1) is 0 Å². The molecule has 0 amide bonds. The minimum absolute atomic E-state index is 0.360. The highest BCUT2D eigenvalue weighted by Crippen LogP contribution is 2.32. The fourth-order valence-corrected chi connectivity index (χ4v) is 4.55. The largest absolute Gasteiger partial charge is 0.478 e. The SMILES string of the molecule is O=C(O)c1ccccc1[S+](c1ccccc1)c1ccccc1. The summed E-state index contributed by atoms with van der Waals surface area (Å²) in [5.74, 6) is -0.889. The van der Waals surface area contributed by atoms with Crippen molar-refractivity contribution < 1.29 is 9.90 Å². The highest BCUT2D eigenvalue weighted by molar-refractivity contribution is 7.97. The maximum atomic E-state index is 11.6. The average molecular weight is 307 g/mol. The normalized spacial score (nSPS) is 10.6. The van der Waals surface area contributed by atoms with E-state index in [-0.39, 0.29) is 0 Å². The second kappa shape index (κ2) is 6.50. The fraction of sp³-hybridized carbons (Fsp3) is 0. The summed E-state index contributed by atoms with van der Waals surface area (Å²) in [4.78, 5) is 14.7. The van der Waals surface area contributed by atoms with E-state index in [1.165, 1.54) is 0 Å². The average Bonchev–Trinajstić information content (AvgIpc) is 2.57. The van der Waals surface area contributed by atoms with Crippen LogP contribution in [0.4, 0.5) is 0 Å². The van der Waals surface area contributed by atoms with Crippen molar-refractivity contribution in [3.05, 3.63) is 90.5 Å². The summed E-state index contributed by atoms with van der Waals surface area (Å²) < 4.78 is 0. The third-order valence-corrected chi connectivity index (χ3v) is 5.58. The molecular weight excluding hydrogens is 292 g/mol. The third-order valence-electron chi connectivity index (χ3n) is 3.30. The van der Waals surface area contributed by atoms with Crippen LogP contribution in [0.3, 0.4) is 0 Å². The Labute approximate surface area is 132 Å². The topological polar surface area (TPSA) is 37.3 Å². The molecule has 1 N–H and O–H groups in total. The minimum atomic E-state index is -0.889. The van der Waals surface area contributed by atoms with Crippen molar-refractivity contribution in [1.82, 2.24) is 0 Å². The lowest BCUT2D eigenvalue weighted by molar-refractivity contribution is 0.0693. The predicted molar refractivity (Wildman–Crippen MR) is 88.4 cm³/mol. The summed E-state index contributed by atoms with van der Waals surface area (Å²) in [6.45, 7) is 0. The smallest absolute Gasteiger partial charge is 0.340 e. The molecule has 2 nitrogen and oxygen atoms in total. The van der Waals surface area contributed by atoms with Gasteiger partial charge in [0.25, 0.3) is 0 Å². The number of hydrogen-bond acceptors (Lipinski definition) is 1. The minimum Gasteiger partial charge on any atom is -0.478 e. The molecule has 0 aliphatic heterocycles. The van der Waals surface area contributed by atoms with Crippen LogP contribution in [0.25, 0.3) is 0 Å². The first-order valence-corrected chi connectivity index (χ1v) is 8.16. The van der Waals surface area contributed by atoms with Gasteiger partial charge in [-0.2, -0.15) is 0 Å². The summed E-state index contributed by atoms with van der Waals surface area (Å²) in [7, 11) is -0.428. The van der Waals surface area contributed by atoms with Gasteiger partial charge < -0.3 is 5.11 Å². The Kier molecular flexibility index (Phi) is 4.26. The monoisotopic (exact) mass is 307 g/mol. The quantitative estimate of drug-likeness (QED) is 0.722. The predicted octanol–water partition coefficient (Wildman–Crippen LogP) is 4.48. The van der Waals surface area contributed by atoms with E-state index in [1.807, 2.05) is 48.5 Å². The lowest BCUT2D eigenvalue weighted by atomic mass is 10.2. The molecule has 22 heavy (non-hydrogen) atoms. The Morgan fingerprint density at radius 3 is 1.64 bits per heavy atom. The molecule has 108 valence electrons. The number of carboxylic acid groups (broad SMARTS) is 1. The molecule has 0 atom stereocenters. The van der Waals surface area contributed by atoms with Crippen LogP contribution >= 0.6 is 0 Å². The van der Waals surface area contributed by atoms with Crippen LogP contribution < -0.4 is 0 Å². The molecule has 0 aliphatic carbocycles. The van der Waals surface area contributed by atoms with Gasteiger partial charge in [-0.1, -0.05) is 48.5 Å². The molecule has 3 heteroatoms. The van der Waals surface area contributed by atoms with Gasteiger partial charge >= 0.3 is 5.97 Å². The zero-order valence-corrected chi connectivity index (χ0v) is 12.7. The Morgan fingerprint density at radius 2 is 1.14 bits per heavy atom. The molecule has 0 saturated carbocycles. The van der Waals surface area contributed by atoms with Crippen LogP contribution in [0.1, 0.15) is 10.4 Å². The fourth-order valence-electron chi connectivity index (χ4n) is 2.32. The molecule has 0 heterocycles. The van der Waals surface area contributed by atoms with Crippen LogP contribution in [0.15, 0.2) is 99.6 Å². The van der Waals surface area contributed by atoms with E-state index in [0.717, 1.165) is 14.7 Å². The number of hydrogen-bond donors (Lipinski definition) is 1. The Hall–Kier alpha value is -2.52. The first-order chi connectivity index (χ1) is 10.8. The number of carboxylic acids is 1. The van der Waals surface area contributed by atoms with E-state index in [4.69, 9.17) is 0 Å². The molecular formula is C19H15O2S+. The summed E-state index contributed by atoms with van der Waals surface area (Å²) in [5.41, 5.74) is 0.360. The lowest BCUT2D eigenvalue weighted by Gasteiger charge is -2.09. The molecule has 0 radical (unpaired) electrons. The lowest BCUT2D eigenvalue weighted by Crippen LogP contribution is -2.10. The molecule has 0 aromatic heterocycles. The Bertz CT molecular complexity index is 730. The van der Waals surface area contributed by atoms with Gasteiger partial charge in [0, 0.05) is 0 Å². The van der Waals surface area contributed by atoms with Gasteiger partial charge in [-0.25, -0.2) is 4.79 Å². The van der Waals surface area contributed by atoms with E-state index in [2.05, 4.69) is 24.3 Å². The Balaban J connectivity index is 2.21. The zero-order valence-electron chi connectivity index (χ0n) is 11.8. The van der Waals surface area contributed by atoms with Gasteiger partial charge in [-0.3, -0.25) is 0 Å². The standard InChI is InChI=1S/C19H14O2S/c20-19(21)17-13-7-8-14-18(17)22(15-9-3-1-4-10-15)16-11-5-2-6-12-16/h1-14H/p+1. The van der Waals surface area contributed by atoms with Gasteiger partial charge in [0.1, 0.15) is 16.5 Å². The number of carbonyl (C=O) groups is 1. The molecule has 0 fully saturated rings. The molecule has 0 bridgehead atoms. The maximum Gasteiger partial charge on any atom is 0.340 e. The van der Waals surface area contributed by atoms with Gasteiger partial charge in [0.2, 0.25) is 0 Å². The van der Waals surface area contributed by atoms with Crippen molar-refractivity contribution >= 4 is 16.9 Å². The molecule has 3 rings (SSSR count). The van der Waals surface area contributed by atoms with E-state index < -0.39 is 16.9 Å². The van der Waals surface area contributed by atoms with E-state index in [1.54, 1.807) is 12.1 Å². The molecule has 3 aromatic rings. The third kappa shape index (κ3) is 2.90. The summed E-state index contributed by atoms with van der Waals surface area (Å²) in [6.07, 6.45) is 0. The van der Waals surface area contributed by atoms with Crippen molar-refractivity contribution in [2.45, 2.75) is 14.7 Å². The van der Waals surface area contributed by atoms with Crippen molar-refractivity contribution in [3.8, 4) is 0 Å². The van der Waals surface area contributed by atoms with Crippen LogP contribution in [0.5, 0.6) is 0 Å². The van der Waals surface area contributed by atoms with Crippen molar-refractivity contribution in [1.29, 1.82) is 0 Å². The first kappa shape index (κ1) is 14.4. The van der Waals surface area contributed by atoms with Gasteiger partial charge in [-0.05, 0) is 36.4 Å². The zero-order chi connectivity index (χ0) is 15.4. The summed E-state index contributed by atoms with van der Waals surface area (Å²) in [5, 5.41) is 9.51. The van der Waals surface area contributed by atoms with Gasteiger partial charge in [0.15, 0.2) is 14.7 Å². The Morgan fingerprint density at radius 1 is 0.682 bits per heavy atom. The van der Waals surface area contributed by atoms with Crippen molar-refractivity contribution in [3.63, 3.8) is 0 Å². The maximum absolute atomic E-state index is 11.6. The number of aromatic carboxylic acids is 1. The molecule has 0 unspecified atom stereocenters. The van der Waals surface area contributed by atoms with E-state index in [0.29, 0.717) is 5.56 Å². The highest BCUT2D eigenvalue weighted by atomic mass is 32.2. The van der Waals surface area contributed by atoms with Crippen LogP contribution in [-0.4, -0.2) is 11.1 Å². The first-order valence-electron chi connectivity index (χ1n) is 6.94. The van der Waals surface area contributed by atoms with E-state index >= 15 is 0 Å².